The van der Waals surface area contributed by atoms with Crippen LogP contribution in [0, 0.1) is 5.92 Å². The Labute approximate surface area is 105 Å². The van der Waals surface area contributed by atoms with E-state index in [2.05, 4.69) is 11.9 Å². The number of fused-ring (bicyclic) bond motifs is 1. The summed E-state index contributed by atoms with van der Waals surface area (Å²) >= 11 is 5.39. The van der Waals surface area contributed by atoms with E-state index in [4.69, 9.17) is 25.8 Å². The minimum Gasteiger partial charge on any atom is -0.366 e. The number of nitrogens with two attached hydrogens (primary N) is 1. The average molecular weight is 236 g/mol. The molecule has 0 spiro atoms. The molecular formula is C12H21BN2S. The minimum absolute atomic E-state index is 0.407. The molecule has 1 heterocycles. The normalized spacial score (nSPS) is 41.1. The predicted molar refractivity (Wildman–Crippen MR) is 72.6 cm³/mol. The maximum Gasteiger partial charge on any atom is 0.0955 e. The molecule has 3 unspecified atom stereocenters. The summed E-state index contributed by atoms with van der Waals surface area (Å²) in [4.78, 5) is 3.33. The maximum absolute atomic E-state index is 6.32. The molecule has 3 atom stereocenters. The molecule has 2 rings (SSSR count). The van der Waals surface area contributed by atoms with Crippen molar-refractivity contribution in [2.24, 2.45) is 11.7 Å². The maximum atomic E-state index is 6.32. The lowest BCUT2D eigenvalue weighted by molar-refractivity contribution is 0.144. The van der Waals surface area contributed by atoms with Crippen LogP contribution in [0.25, 0.3) is 0 Å². The van der Waals surface area contributed by atoms with E-state index in [1.54, 1.807) is 0 Å². The molecular weight excluding hydrogens is 215 g/mol. The fraction of sp³-hybridized carbons (Fsp3) is 0.917. The fourth-order valence-electron chi connectivity index (χ4n) is 3.27. The molecule has 88 valence electrons. The standard InChI is InChI=1S/C12H21BN2S/c1-15-10-5-3-2-4-8-12(13,14)9(10)6-7-11(15)16/h9-10H,2-8,14H2,1H3. The van der Waals surface area contributed by atoms with Crippen LogP contribution in [0.4, 0.5) is 0 Å². The summed E-state index contributed by atoms with van der Waals surface area (Å²) in [7, 11) is 8.43. The van der Waals surface area contributed by atoms with Crippen LogP contribution < -0.4 is 5.73 Å². The highest BCUT2D eigenvalue weighted by Gasteiger charge is 2.41. The lowest BCUT2D eigenvalue weighted by atomic mass is 9.59. The van der Waals surface area contributed by atoms with Gasteiger partial charge in [0, 0.05) is 13.1 Å². The summed E-state index contributed by atoms with van der Waals surface area (Å²) < 4.78 is 0. The Morgan fingerprint density at radius 3 is 2.88 bits per heavy atom. The number of hydrogen-bond acceptors (Lipinski definition) is 2. The van der Waals surface area contributed by atoms with Crippen LogP contribution in [-0.2, 0) is 0 Å². The summed E-state index contributed by atoms with van der Waals surface area (Å²) in [5.74, 6) is 0.407. The minimum atomic E-state index is -0.491. The first-order chi connectivity index (χ1) is 7.52. The van der Waals surface area contributed by atoms with E-state index < -0.39 is 5.44 Å². The molecule has 4 heteroatoms. The van der Waals surface area contributed by atoms with Gasteiger partial charge in [-0.05, 0) is 37.0 Å². The van der Waals surface area contributed by atoms with Gasteiger partial charge in [0.05, 0.1) is 12.8 Å². The van der Waals surface area contributed by atoms with Crippen molar-refractivity contribution in [3.05, 3.63) is 0 Å². The second kappa shape index (κ2) is 4.65. The Balaban J connectivity index is 2.20. The third-order valence-corrected chi connectivity index (χ3v) is 4.82. The number of likely N-dealkylation sites (tertiary alicyclic amines) is 1. The molecule has 0 aromatic carbocycles. The molecule has 0 aromatic rings. The molecule has 0 amide bonds. The van der Waals surface area contributed by atoms with E-state index >= 15 is 0 Å². The molecule has 2 fully saturated rings. The summed E-state index contributed by atoms with van der Waals surface area (Å²) in [6.07, 6.45) is 7.89. The fourth-order valence-corrected chi connectivity index (χ4v) is 3.52. The molecule has 1 aliphatic carbocycles. The van der Waals surface area contributed by atoms with Gasteiger partial charge in [0.25, 0.3) is 0 Å². The van der Waals surface area contributed by atoms with Crippen LogP contribution in [0.5, 0.6) is 0 Å². The number of rotatable bonds is 0. The van der Waals surface area contributed by atoms with Gasteiger partial charge in [-0.15, -0.1) is 0 Å². The van der Waals surface area contributed by atoms with E-state index in [1.165, 1.54) is 25.7 Å². The molecule has 1 saturated heterocycles. The Hall–Kier alpha value is -0.0851. The van der Waals surface area contributed by atoms with Crippen molar-refractivity contribution in [2.45, 2.75) is 56.4 Å². The zero-order chi connectivity index (χ0) is 11.8. The van der Waals surface area contributed by atoms with Gasteiger partial charge in [-0.1, -0.05) is 31.5 Å². The first kappa shape index (κ1) is 12.4. The predicted octanol–water partition coefficient (Wildman–Crippen LogP) is 1.81. The molecule has 0 bridgehead atoms. The zero-order valence-electron chi connectivity index (χ0n) is 10.1. The van der Waals surface area contributed by atoms with Gasteiger partial charge in [-0.3, -0.25) is 0 Å². The van der Waals surface area contributed by atoms with Crippen molar-refractivity contribution in [2.75, 3.05) is 7.05 Å². The van der Waals surface area contributed by atoms with Crippen LogP contribution in [0.15, 0.2) is 0 Å². The smallest absolute Gasteiger partial charge is 0.0955 e. The zero-order valence-corrected chi connectivity index (χ0v) is 10.9. The van der Waals surface area contributed by atoms with Gasteiger partial charge in [0.15, 0.2) is 0 Å². The van der Waals surface area contributed by atoms with Crippen molar-refractivity contribution in [3.63, 3.8) is 0 Å². The molecule has 16 heavy (non-hydrogen) atoms. The van der Waals surface area contributed by atoms with Gasteiger partial charge in [0.1, 0.15) is 0 Å². The Morgan fingerprint density at radius 2 is 2.12 bits per heavy atom. The lowest BCUT2D eigenvalue weighted by Crippen LogP contribution is -2.59. The highest BCUT2D eigenvalue weighted by Crippen LogP contribution is 2.37. The third kappa shape index (κ3) is 2.28. The molecule has 1 aliphatic heterocycles. The van der Waals surface area contributed by atoms with Gasteiger partial charge in [-0.25, -0.2) is 0 Å². The van der Waals surface area contributed by atoms with Crippen LogP contribution in [-0.4, -0.2) is 36.3 Å². The van der Waals surface area contributed by atoms with Crippen molar-refractivity contribution >= 4 is 25.1 Å². The summed E-state index contributed by atoms with van der Waals surface area (Å²) in [5.41, 5.74) is 5.83. The van der Waals surface area contributed by atoms with E-state index in [0.717, 1.165) is 24.3 Å². The SMILES string of the molecule is [B]C1(N)CCCCCC2C1CCC(=S)N2C. The van der Waals surface area contributed by atoms with E-state index in [-0.39, 0.29) is 0 Å². The molecule has 1 saturated carbocycles. The Bertz CT molecular complexity index is 280. The topological polar surface area (TPSA) is 29.3 Å². The van der Waals surface area contributed by atoms with Crippen LogP contribution in [0.2, 0.25) is 0 Å². The molecule has 2 radical (unpaired) electrons. The number of hydrogen-bond donors (Lipinski definition) is 1. The van der Waals surface area contributed by atoms with Gasteiger partial charge >= 0.3 is 0 Å². The van der Waals surface area contributed by atoms with E-state index in [9.17, 15) is 0 Å². The van der Waals surface area contributed by atoms with E-state index in [1.807, 2.05) is 0 Å². The van der Waals surface area contributed by atoms with Crippen LogP contribution in [0.3, 0.4) is 0 Å². The van der Waals surface area contributed by atoms with E-state index in [0.29, 0.717) is 12.0 Å². The quantitative estimate of drug-likeness (QED) is 0.513. The summed E-state index contributed by atoms with van der Waals surface area (Å²) in [6, 6.07) is 0.469. The number of thiocarbonyl (C=S) groups is 1. The molecule has 0 aromatic heterocycles. The molecule has 2 N–H and O–H groups in total. The summed E-state index contributed by atoms with van der Waals surface area (Å²) in [5, 5.41) is 0. The Kier molecular flexibility index (Phi) is 3.60. The largest absolute Gasteiger partial charge is 0.366 e. The first-order valence-electron chi connectivity index (χ1n) is 6.36. The Morgan fingerprint density at radius 1 is 1.38 bits per heavy atom. The van der Waals surface area contributed by atoms with Crippen LogP contribution >= 0.6 is 12.2 Å². The van der Waals surface area contributed by atoms with Crippen molar-refractivity contribution < 1.29 is 0 Å². The third-order valence-electron chi connectivity index (χ3n) is 4.32. The second-order valence-corrected chi connectivity index (χ2v) is 5.90. The monoisotopic (exact) mass is 236 g/mol. The highest BCUT2D eigenvalue weighted by atomic mass is 32.1. The summed E-state index contributed by atoms with van der Waals surface area (Å²) in [6.45, 7) is 0. The number of piperidine rings is 1. The average Bonchev–Trinajstić information content (AvgIpc) is 2.21. The van der Waals surface area contributed by atoms with Gasteiger partial charge in [-0.2, -0.15) is 0 Å². The van der Waals surface area contributed by atoms with Gasteiger partial charge in [0.2, 0.25) is 0 Å². The lowest BCUT2D eigenvalue weighted by Gasteiger charge is -2.49. The molecule has 2 aliphatic rings. The van der Waals surface area contributed by atoms with Gasteiger partial charge < -0.3 is 10.6 Å². The highest BCUT2D eigenvalue weighted by molar-refractivity contribution is 7.80. The van der Waals surface area contributed by atoms with Crippen molar-refractivity contribution in [1.29, 1.82) is 0 Å². The molecule has 2 nitrogen and oxygen atoms in total. The van der Waals surface area contributed by atoms with Crippen LogP contribution in [0.1, 0.15) is 44.9 Å². The number of nitrogens with zero attached hydrogens (tertiary/aromatic N) is 1. The van der Waals surface area contributed by atoms with Crippen molar-refractivity contribution in [3.8, 4) is 0 Å². The second-order valence-electron chi connectivity index (χ2n) is 5.43. The first-order valence-corrected chi connectivity index (χ1v) is 6.76. The van der Waals surface area contributed by atoms with Crippen molar-refractivity contribution in [1.82, 2.24) is 4.90 Å².